The molecule has 0 saturated carbocycles. The first-order chi connectivity index (χ1) is 8.92. The third kappa shape index (κ3) is 18.2. The minimum Gasteiger partial charge on any atom is -0.378 e. The average Bonchev–Trinajstić information content (AvgIpc) is 2.28. The van der Waals surface area contributed by atoms with Crippen LogP contribution in [0, 0.1) is 0 Å². The van der Waals surface area contributed by atoms with Gasteiger partial charge in [-0.1, -0.05) is 6.92 Å². The minimum atomic E-state index is 0.163. The van der Waals surface area contributed by atoms with E-state index in [1.165, 1.54) is 0 Å². The molecule has 0 radical (unpaired) electrons. The normalized spacial score (nSPS) is 13.7. The van der Waals surface area contributed by atoms with Gasteiger partial charge in [-0.2, -0.15) is 12.6 Å². The van der Waals surface area contributed by atoms with Crippen molar-refractivity contribution in [3.05, 3.63) is 0 Å². The summed E-state index contributed by atoms with van der Waals surface area (Å²) in [7, 11) is 0. The van der Waals surface area contributed by atoms with E-state index in [0.717, 1.165) is 39.3 Å². The Morgan fingerprint density at radius 1 is 0.947 bits per heavy atom. The van der Waals surface area contributed by atoms with Gasteiger partial charge in [0.25, 0.3) is 0 Å². The zero-order valence-electron chi connectivity index (χ0n) is 13.0. The third-order valence-electron chi connectivity index (χ3n) is 2.44. The fourth-order valence-corrected chi connectivity index (χ4v) is 1.53. The maximum absolute atomic E-state index is 5.47. The highest BCUT2D eigenvalue weighted by atomic mass is 32.1. The molecule has 0 bridgehead atoms. The summed E-state index contributed by atoms with van der Waals surface area (Å²) in [6.07, 6.45) is 1.09. The lowest BCUT2D eigenvalue weighted by Gasteiger charge is -2.20. The molecule has 1 atom stereocenters. The molecule has 0 spiro atoms. The van der Waals surface area contributed by atoms with Gasteiger partial charge in [0.15, 0.2) is 0 Å². The molecular weight excluding hydrogens is 260 g/mol. The van der Waals surface area contributed by atoms with Gasteiger partial charge in [-0.3, -0.25) is 0 Å². The fourth-order valence-electron chi connectivity index (χ4n) is 1.40. The summed E-state index contributed by atoms with van der Waals surface area (Å²) >= 11 is 4.32. The highest BCUT2D eigenvalue weighted by Crippen LogP contribution is 1.97. The molecule has 116 valence electrons. The molecular formula is C14H32N2O2S. The zero-order valence-corrected chi connectivity index (χ0v) is 13.9. The quantitative estimate of drug-likeness (QED) is 0.378. The summed E-state index contributed by atoms with van der Waals surface area (Å²) in [4.78, 5) is 0. The monoisotopic (exact) mass is 292 g/mol. The summed E-state index contributed by atoms with van der Waals surface area (Å²) in [5.74, 6) is 0. The second-order valence-electron chi connectivity index (χ2n) is 5.79. The Morgan fingerprint density at radius 3 is 2.05 bits per heavy atom. The van der Waals surface area contributed by atoms with Crippen molar-refractivity contribution in [3.8, 4) is 0 Å². The van der Waals surface area contributed by atoms with Crippen LogP contribution < -0.4 is 10.6 Å². The number of thiol groups is 1. The van der Waals surface area contributed by atoms with Crippen LogP contribution in [0.3, 0.4) is 0 Å². The van der Waals surface area contributed by atoms with Gasteiger partial charge >= 0.3 is 0 Å². The number of ether oxygens (including phenoxy) is 2. The zero-order chi connectivity index (χ0) is 14.6. The lowest BCUT2D eigenvalue weighted by atomic mass is 10.1. The largest absolute Gasteiger partial charge is 0.378 e. The lowest BCUT2D eigenvalue weighted by Crippen LogP contribution is -2.38. The first-order valence-electron chi connectivity index (χ1n) is 7.21. The summed E-state index contributed by atoms with van der Waals surface area (Å²) < 4.78 is 10.9. The van der Waals surface area contributed by atoms with Crippen molar-refractivity contribution < 1.29 is 9.47 Å². The first kappa shape index (κ1) is 19.2. The molecule has 0 aliphatic rings. The van der Waals surface area contributed by atoms with E-state index in [4.69, 9.17) is 9.47 Å². The molecule has 0 rings (SSSR count). The Bertz CT molecular complexity index is 196. The van der Waals surface area contributed by atoms with Crippen molar-refractivity contribution in [3.63, 3.8) is 0 Å². The number of nitrogens with one attached hydrogen (secondary N) is 2. The third-order valence-corrected chi connectivity index (χ3v) is 2.69. The highest BCUT2D eigenvalue weighted by Gasteiger charge is 2.06. The van der Waals surface area contributed by atoms with E-state index in [0.29, 0.717) is 18.5 Å². The van der Waals surface area contributed by atoms with Crippen LogP contribution in [-0.4, -0.2) is 56.9 Å². The van der Waals surface area contributed by atoms with Gasteiger partial charge in [0.05, 0.1) is 26.4 Å². The summed E-state index contributed by atoms with van der Waals surface area (Å²) in [5, 5.41) is 7.16. The van der Waals surface area contributed by atoms with E-state index in [1.54, 1.807) is 0 Å². The summed E-state index contributed by atoms with van der Waals surface area (Å²) in [6.45, 7) is 14.1. The van der Waals surface area contributed by atoms with Crippen molar-refractivity contribution in [1.82, 2.24) is 10.6 Å². The summed E-state index contributed by atoms with van der Waals surface area (Å²) in [5.41, 5.74) is 0.163. The summed E-state index contributed by atoms with van der Waals surface area (Å²) in [6, 6.07) is 0. The molecule has 0 aromatic heterocycles. The van der Waals surface area contributed by atoms with Crippen LogP contribution in [0.15, 0.2) is 0 Å². The van der Waals surface area contributed by atoms with E-state index < -0.39 is 0 Å². The smallest absolute Gasteiger partial charge is 0.0701 e. The molecule has 4 nitrogen and oxygen atoms in total. The van der Waals surface area contributed by atoms with Crippen LogP contribution in [0.5, 0.6) is 0 Å². The van der Waals surface area contributed by atoms with Gasteiger partial charge in [0.1, 0.15) is 0 Å². The standard InChI is InChI=1S/C14H32N2O2S/c1-13(19)5-6-15-7-9-17-11-12-18-10-8-16-14(2,3)4/h13,15-16,19H,5-12H2,1-4H3. The molecule has 0 saturated heterocycles. The van der Waals surface area contributed by atoms with E-state index in [1.807, 2.05) is 0 Å². The molecule has 0 aromatic rings. The Labute approximate surface area is 124 Å². The van der Waals surface area contributed by atoms with Crippen LogP contribution in [0.1, 0.15) is 34.1 Å². The van der Waals surface area contributed by atoms with Crippen LogP contribution in [0.4, 0.5) is 0 Å². The van der Waals surface area contributed by atoms with Gasteiger partial charge in [-0.25, -0.2) is 0 Å². The molecule has 1 unspecified atom stereocenters. The Balaban J connectivity index is 3.03. The van der Waals surface area contributed by atoms with Gasteiger partial charge < -0.3 is 20.1 Å². The fraction of sp³-hybridized carbons (Fsp3) is 1.00. The number of rotatable bonds is 12. The average molecular weight is 292 g/mol. The van der Waals surface area contributed by atoms with Crippen molar-refractivity contribution >= 4 is 12.6 Å². The molecule has 0 heterocycles. The van der Waals surface area contributed by atoms with E-state index in [2.05, 4.69) is 51.0 Å². The van der Waals surface area contributed by atoms with Gasteiger partial charge in [-0.15, -0.1) is 0 Å². The molecule has 0 aliphatic heterocycles. The van der Waals surface area contributed by atoms with Crippen LogP contribution >= 0.6 is 12.6 Å². The molecule has 0 aromatic carbocycles. The number of hydrogen-bond donors (Lipinski definition) is 3. The first-order valence-corrected chi connectivity index (χ1v) is 7.73. The SMILES string of the molecule is CC(S)CCNCCOCCOCCNC(C)(C)C. The van der Waals surface area contributed by atoms with Crippen molar-refractivity contribution in [2.75, 3.05) is 46.1 Å². The van der Waals surface area contributed by atoms with Crippen molar-refractivity contribution in [1.29, 1.82) is 0 Å². The maximum atomic E-state index is 5.47. The Morgan fingerprint density at radius 2 is 1.53 bits per heavy atom. The van der Waals surface area contributed by atoms with Crippen LogP contribution in [0.2, 0.25) is 0 Å². The Kier molecular flexibility index (Phi) is 12.1. The van der Waals surface area contributed by atoms with Crippen molar-refractivity contribution in [2.45, 2.75) is 44.9 Å². The van der Waals surface area contributed by atoms with E-state index >= 15 is 0 Å². The Hall–Kier alpha value is 0.190. The molecule has 19 heavy (non-hydrogen) atoms. The second-order valence-corrected chi connectivity index (χ2v) is 6.67. The van der Waals surface area contributed by atoms with Crippen LogP contribution in [0.25, 0.3) is 0 Å². The predicted octanol–water partition coefficient (Wildman–Crippen LogP) is 1.71. The molecule has 5 heteroatoms. The lowest BCUT2D eigenvalue weighted by molar-refractivity contribution is 0.0486. The molecule has 0 amide bonds. The maximum Gasteiger partial charge on any atom is 0.0701 e. The van der Waals surface area contributed by atoms with E-state index in [-0.39, 0.29) is 5.54 Å². The molecule has 2 N–H and O–H groups in total. The van der Waals surface area contributed by atoms with E-state index in [9.17, 15) is 0 Å². The van der Waals surface area contributed by atoms with Gasteiger partial charge in [-0.05, 0) is 33.7 Å². The predicted molar refractivity (Wildman–Crippen MR) is 85.3 cm³/mol. The topological polar surface area (TPSA) is 42.5 Å². The highest BCUT2D eigenvalue weighted by molar-refractivity contribution is 7.80. The molecule has 0 aliphatic carbocycles. The number of hydrogen-bond acceptors (Lipinski definition) is 5. The molecule has 0 fully saturated rings. The van der Waals surface area contributed by atoms with Crippen LogP contribution in [-0.2, 0) is 9.47 Å². The van der Waals surface area contributed by atoms with Gasteiger partial charge in [0.2, 0.25) is 0 Å². The van der Waals surface area contributed by atoms with Gasteiger partial charge in [0, 0.05) is 23.9 Å². The second kappa shape index (κ2) is 12.0. The van der Waals surface area contributed by atoms with Crippen molar-refractivity contribution in [2.24, 2.45) is 0 Å². The minimum absolute atomic E-state index is 0.163.